The molecule has 0 heterocycles. The lowest BCUT2D eigenvalue weighted by Gasteiger charge is -2.10. The summed E-state index contributed by atoms with van der Waals surface area (Å²) in [6.07, 6.45) is 0. The Morgan fingerprint density at radius 2 is 1.73 bits per heavy atom. The SMILES string of the molecule is COc1cc(O)c(C(=O)c2ccccc2)cc1S(=O)(=O)O.O. The van der Waals surface area contributed by atoms with Gasteiger partial charge < -0.3 is 15.3 Å². The van der Waals surface area contributed by atoms with Crippen LogP contribution in [0.5, 0.6) is 11.5 Å². The smallest absolute Gasteiger partial charge is 0.298 e. The van der Waals surface area contributed by atoms with Gasteiger partial charge in [0.25, 0.3) is 10.1 Å². The number of carbonyl (C=O) groups excluding carboxylic acids is 1. The maximum Gasteiger partial charge on any atom is 0.298 e. The molecule has 0 radical (unpaired) electrons. The molecule has 0 saturated heterocycles. The van der Waals surface area contributed by atoms with Crippen LogP contribution in [-0.2, 0) is 10.1 Å². The molecule has 0 aliphatic carbocycles. The summed E-state index contributed by atoms with van der Waals surface area (Å²) in [7, 11) is -3.41. The molecule has 0 unspecified atom stereocenters. The average Bonchev–Trinajstić information content (AvgIpc) is 2.45. The van der Waals surface area contributed by atoms with Crippen LogP contribution in [0.1, 0.15) is 15.9 Å². The van der Waals surface area contributed by atoms with Gasteiger partial charge in [-0.05, 0) is 6.07 Å². The minimum Gasteiger partial charge on any atom is -0.507 e. The second-order valence-electron chi connectivity index (χ2n) is 4.19. The van der Waals surface area contributed by atoms with Crippen molar-refractivity contribution >= 4 is 15.9 Å². The van der Waals surface area contributed by atoms with E-state index in [0.29, 0.717) is 0 Å². The molecule has 0 bridgehead atoms. The molecule has 0 aliphatic heterocycles. The van der Waals surface area contributed by atoms with E-state index in [4.69, 9.17) is 9.29 Å². The maximum absolute atomic E-state index is 12.3. The molecule has 0 atom stereocenters. The van der Waals surface area contributed by atoms with Gasteiger partial charge in [0.05, 0.1) is 12.7 Å². The molecule has 2 rings (SSSR count). The number of carbonyl (C=O) groups is 1. The van der Waals surface area contributed by atoms with Gasteiger partial charge in [0.1, 0.15) is 16.4 Å². The third-order valence-electron chi connectivity index (χ3n) is 2.84. The molecular formula is C14H14O7S. The van der Waals surface area contributed by atoms with Crippen LogP contribution in [0.2, 0.25) is 0 Å². The third-order valence-corrected chi connectivity index (χ3v) is 3.72. The fourth-order valence-electron chi connectivity index (χ4n) is 1.84. The Bertz CT molecular complexity index is 782. The summed E-state index contributed by atoms with van der Waals surface area (Å²) in [6, 6.07) is 9.90. The van der Waals surface area contributed by atoms with Gasteiger partial charge in [-0.15, -0.1) is 0 Å². The molecule has 4 N–H and O–H groups in total. The van der Waals surface area contributed by atoms with E-state index in [0.717, 1.165) is 12.1 Å². The van der Waals surface area contributed by atoms with Crippen LogP contribution in [0.15, 0.2) is 47.4 Å². The number of hydrogen-bond acceptors (Lipinski definition) is 5. The molecule has 118 valence electrons. The molecule has 0 fully saturated rings. The average molecular weight is 326 g/mol. The highest BCUT2D eigenvalue weighted by atomic mass is 32.2. The number of ether oxygens (including phenoxy) is 1. The van der Waals surface area contributed by atoms with Gasteiger partial charge in [-0.1, -0.05) is 30.3 Å². The van der Waals surface area contributed by atoms with Crippen molar-refractivity contribution in [2.45, 2.75) is 4.90 Å². The maximum atomic E-state index is 12.3. The number of hydrogen-bond donors (Lipinski definition) is 2. The minimum absolute atomic E-state index is 0. The van der Waals surface area contributed by atoms with Crippen molar-refractivity contribution in [2.75, 3.05) is 7.11 Å². The summed E-state index contributed by atoms with van der Waals surface area (Å²) < 4.78 is 36.6. The Labute approximate surface area is 126 Å². The topological polar surface area (TPSA) is 132 Å². The van der Waals surface area contributed by atoms with E-state index in [-0.39, 0.29) is 22.4 Å². The molecule has 22 heavy (non-hydrogen) atoms. The van der Waals surface area contributed by atoms with Crippen molar-refractivity contribution in [1.29, 1.82) is 0 Å². The summed E-state index contributed by atoms with van der Waals surface area (Å²) >= 11 is 0. The number of phenolic OH excluding ortho intramolecular Hbond substituents is 1. The van der Waals surface area contributed by atoms with Crippen LogP contribution < -0.4 is 4.74 Å². The molecule has 0 saturated carbocycles. The van der Waals surface area contributed by atoms with Crippen molar-refractivity contribution in [2.24, 2.45) is 0 Å². The van der Waals surface area contributed by atoms with Crippen LogP contribution >= 0.6 is 0 Å². The predicted octanol–water partition coefficient (Wildman–Crippen LogP) is 1.05. The molecule has 2 aromatic carbocycles. The first-order chi connectivity index (χ1) is 9.84. The Kier molecular flexibility index (Phi) is 5.26. The van der Waals surface area contributed by atoms with Crippen LogP contribution in [0.25, 0.3) is 0 Å². The Hall–Kier alpha value is -2.42. The molecule has 8 heteroatoms. The molecule has 0 aromatic heterocycles. The molecule has 7 nitrogen and oxygen atoms in total. The Balaban J connectivity index is 0.00000242. The number of rotatable bonds is 4. The third kappa shape index (κ3) is 3.42. The summed E-state index contributed by atoms with van der Waals surface area (Å²) in [6.45, 7) is 0. The van der Waals surface area contributed by atoms with E-state index >= 15 is 0 Å². The first-order valence-corrected chi connectivity index (χ1v) is 7.27. The lowest BCUT2D eigenvalue weighted by Crippen LogP contribution is -2.07. The molecule has 0 aliphatic rings. The highest BCUT2D eigenvalue weighted by Crippen LogP contribution is 2.32. The zero-order valence-electron chi connectivity index (χ0n) is 11.5. The first-order valence-electron chi connectivity index (χ1n) is 5.83. The van der Waals surface area contributed by atoms with Gasteiger partial charge in [0, 0.05) is 11.6 Å². The Morgan fingerprint density at radius 3 is 2.23 bits per heavy atom. The van der Waals surface area contributed by atoms with Crippen molar-refractivity contribution < 1.29 is 33.1 Å². The van der Waals surface area contributed by atoms with Gasteiger partial charge in [-0.2, -0.15) is 8.42 Å². The lowest BCUT2D eigenvalue weighted by molar-refractivity contribution is 0.103. The number of benzene rings is 2. The molecule has 0 spiro atoms. The highest BCUT2D eigenvalue weighted by Gasteiger charge is 2.23. The van der Waals surface area contributed by atoms with Gasteiger partial charge in [-0.3, -0.25) is 9.35 Å². The summed E-state index contributed by atoms with van der Waals surface area (Å²) in [4.78, 5) is 11.7. The first kappa shape index (κ1) is 17.6. The summed E-state index contributed by atoms with van der Waals surface area (Å²) in [5, 5.41) is 9.87. The van der Waals surface area contributed by atoms with Crippen molar-refractivity contribution in [3.05, 3.63) is 53.6 Å². The number of ketones is 1. The zero-order valence-corrected chi connectivity index (χ0v) is 12.3. The standard InChI is InChI=1S/C14H12O6S.H2O/c1-20-12-8-11(15)10(7-13(12)21(17,18)19)14(16)9-5-3-2-4-6-9;/h2-8,15H,1H3,(H,17,18,19);1H2. The second-order valence-corrected chi connectivity index (χ2v) is 5.58. The summed E-state index contributed by atoms with van der Waals surface area (Å²) in [5.41, 5.74) is 0.0360. The minimum atomic E-state index is -4.59. The van der Waals surface area contributed by atoms with Crippen LogP contribution in [0.4, 0.5) is 0 Å². The van der Waals surface area contributed by atoms with E-state index in [1.54, 1.807) is 18.2 Å². The van der Waals surface area contributed by atoms with Gasteiger partial charge in [-0.25, -0.2) is 0 Å². The van der Waals surface area contributed by atoms with E-state index in [2.05, 4.69) is 0 Å². The fraction of sp³-hybridized carbons (Fsp3) is 0.0714. The van der Waals surface area contributed by atoms with E-state index < -0.39 is 26.5 Å². The fourth-order valence-corrected chi connectivity index (χ4v) is 2.50. The monoisotopic (exact) mass is 326 g/mol. The van der Waals surface area contributed by atoms with E-state index in [1.165, 1.54) is 19.2 Å². The van der Waals surface area contributed by atoms with Crippen molar-refractivity contribution in [3.8, 4) is 11.5 Å². The van der Waals surface area contributed by atoms with Crippen LogP contribution in [-0.4, -0.2) is 36.4 Å². The zero-order chi connectivity index (χ0) is 15.6. The number of methoxy groups -OCH3 is 1. The quantitative estimate of drug-likeness (QED) is 0.637. The normalized spacial score (nSPS) is 10.6. The lowest BCUT2D eigenvalue weighted by atomic mass is 10.0. The molecule has 2 aromatic rings. The molecular weight excluding hydrogens is 312 g/mol. The number of aromatic hydroxyl groups is 1. The number of phenols is 1. The highest BCUT2D eigenvalue weighted by molar-refractivity contribution is 7.86. The predicted molar refractivity (Wildman–Crippen MR) is 78.0 cm³/mol. The van der Waals surface area contributed by atoms with Crippen LogP contribution in [0.3, 0.4) is 0 Å². The second kappa shape index (κ2) is 6.56. The van der Waals surface area contributed by atoms with Gasteiger partial charge in [0.15, 0.2) is 5.78 Å². The van der Waals surface area contributed by atoms with Crippen molar-refractivity contribution in [1.82, 2.24) is 0 Å². The largest absolute Gasteiger partial charge is 0.507 e. The Morgan fingerprint density at radius 1 is 1.14 bits per heavy atom. The van der Waals surface area contributed by atoms with Gasteiger partial charge >= 0.3 is 0 Å². The van der Waals surface area contributed by atoms with Gasteiger partial charge in [0.2, 0.25) is 0 Å². The van der Waals surface area contributed by atoms with Crippen LogP contribution in [0, 0.1) is 0 Å². The van der Waals surface area contributed by atoms with E-state index in [1.807, 2.05) is 0 Å². The summed E-state index contributed by atoms with van der Waals surface area (Å²) in [5.74, 6) is -1.26. The van der Waals surface area contributed by atoms with Crippen molar-refractivity contribution in [3.63, 3.8) is 0 Å². The van der Waals surface area contributed by atoms with E-state index in [9.17, 15) is 18.3 Å². The molecule has 0 amide bonds.